The lowest BCUT2D eigenvalue weighted by Crippen LogP contribution is -2.68. The molecule has 2 fully saturated rings. The van der Waals surface area contributed by atoms with Gasteiger partial charge in [0.2, 0.25) is 12.4 Å². The molecule has 10 atom stereocenters. The third-order valence-electron chi connectivity index (χ3n) is 9.52. The lowest BCUT2D eigenvalue weighted by atomic mass is 9.95. The van der Waals surface area contributed by atoms with Crippen molar-refractivity contribution in [3.8, 4) is 0 Å². The first-order valence-corrected chi connectivity index (χ1v) is 21.7. The monoisotopic (exact) mass is 902 g/mol. The van der Waals surface area contributed by atoms with E-state index in [0.717, 1.165) is 0 Å². The Morgan fingerprint density at radius 3 is 0.921 bits per heavy atom. The van der Waals surface area contributed by atoms with Crippen LogP contribution in [0.5, 0.6) is 0 Å². The Bertz CT molecular complexity index is 1580. The zero-order chi connectivity index (χ0) is 48.2. The zero-order valence-electron chi connectivity index (χ0n) is 39.6. The molecule has 4 unspecified atom stereocenters. The van der Waals surface area contributed by atoms with Crippen LogP contribution in [-0.4, -0.2) is 122 Å². The first-order chi connectivity index (χ1) is 29.2. The van der Waals surface area contributed by atoms with Crippen LogP contribution in [0.15, 0.2) is 0 Å². The van der Waals surface area contributed by atoms with Gasteiger partial charge in [-0.1, -0.05) is 111 Å². The van der Waals surface area contributed by atoms with Gasteiger partial charge in [0.15, 0.2) is 30.7 Å². The van der Waals surface area contributed by atoms with Gasteiger partial charge in [-0.2, -0.15) is 0 Å². The van der Waals surface area contributed by atoms with Crippen LogP contribution < -0.4 is 0 Å². The number of rotatable bonds is 20. The Hall–Kier alpha value is -4.36. The Morgan fingerprint density at radius 1 is 0.317 bits per heavy atom. The summed E-state index contributed by atoms with van der Waals surface area (Å²) in [4.78, 5) is 106. The summed E-state index contributed by atoms with van der Waals surface area (Å²) in [5.41, 5.74) is 0. The van der Waals surface area contributed by atoms with Crippen LogP contribution in [0.1, 0.15) is 111 Å². The highest BCUT2D eigenvalue weighted by Crippen LogP contribution is 2.37. The van der Waals surface area contributed by atoms with E-state index < -0.39 is 170 Å². The summed E-state index contributed by atoms with van der Waals surface area (Å²) in [6, 6.07) is 0. The van der Waals surface area contributed by atoms with Crippen molar-refractivity contribution in [2.24, 2.45) is 47.3 Å². The molecule has 0 N–H and O–H groups in total. The molecule has 0 bridgehead atoms. The molecule has 2 aliphatic rings. The molecule has 2 heterocycles. The fourth-order valence-electron chi connectivity index (χ4n) is 5.47. The van der Waals surface area contributed by atoms with E-state index >= 15 is 0 Å². The molecule has 0 aromatic carbocycles. The average molecular weight is 903 g/mol. The van der Waals surface area contributed by atoms with E-state index in [1.165, 1.54) is 41.5 Å². The van der Waals surface area contributed by atoms with Crippen molar-refractivity contribution in [3.63, 3.8) is 0 Å². The molecule has 2 rings (SSSR count). The Kier molecular flexibility index (Phi) is 21.4. The number of hydrogen-bond donors (Lipinski definition) is 0. The quantitative estimate of drug-likeness (QED) is 0.123. The minimum Gasteiger partial charge on any atom is -0.463 e. The SMILES string of the molecule is CC(C)C(=O)OCC1O[C@@H](OC(=O)C(C)C)C(OC(=O)C(C)C)[C@@H](OC(=O)C(C)C)[C@@H]1O[C@@H]1OC(COC(=O)C(C)C)[C@H](OC(=O)C(C)C)[C@H](OC(=O)C(C)C)C1OC(=O)C(C)C. The predicted molar refractivity (Wildman–Crippen MR) is 218 cm³/mol. The van der Waals surface area contributed by atoms with Crippen molar-refractivity contribution >= 4 is 47.8 Å². The van der Waals surface area contributed by atoms with Crippen LogP contribution in [0, 0.1) is 47.3 Å². The summed E-state index contributed by atoms with van der Waals surface area (Å²) in [5, 5.41) is 0. The molecule has 19 nitrogen and oxygen atoms in total. The molecule has 0 saturated carbocycles. The molecule has 2 aliphatic heterocycles. The van der Waals surface area contributed by atoms with Gasteiger partial charge in [0, 0.05) is 0 Å². The fourth-order valence-corrected chi connectivity index (χ4v) is 5.47. The van der Waals surface area contributed by atoms with Gasteiger partial charge in [0.25, 0.3) is 0 Å². The standard InChI is InChI=1S/C44H70O19/c1-19(2)35(45)53-17-27-29(57-37(47)21(5)6)31(58-38(48)22(7)8)33(60-40(50)24(11)12)43(55-27)62-30-28(18-54-36(46)20(3)4)56-44(63-42(52)26(15)16)34(61-41(51)25(13)14)32(30)59-39(49)23(9)10/h19-34,43-44H,17-18H2,1-16H3/t27?,28?,29-,30+,31-,32-,33?,34?,43-,44-/m0/s1. The lowest BCUT2D eigenvalue weighted by molar-refractivity contribution is -0.359. The van der Waals surface area contributed by atoms with Crippen molar-refractivity contribution < 1.29 is 90.5 Å². The van der Waals surface area contributed by atoms with Gasteiger partial charge < -0.3 is 52.1 Å². The van der Waals surface area contributed by atoms with Crippen molar-refractivity contribution in [1.29, 1.82) is 0 Å². The van der Waals surface area contributed by atoms with Crippen LogP contribution in [-0.2, 0) is 90.5 Å². The molecule has 0 aliphatic carbocycles. The van der Waals surface area contributed by atoms with E-state index in [-0.39, 0.29) is 0 Å². The number of esters is 8. The second-order valence-corrected chi connectivity index (χ2v) is 18.1. The maximum absolute atomic E-state index is 13.6. The van der Waals surface area contributed by atoms with Gasteiger partial charge >= 0.3 is 47.8 Å². The van der Waals surface area contributed by atoms with Crippen LogP contribution in [0.3, 0.4) is 0 Å². The van der Waals surface area contributed by atoms with Crippen LogP contribution in [0.25, 0.3) is 0 Å². The number of carbonyl (C=O) groups is 8. The number of carbonyl (C=O) groups excluding carboxylic acids is 8. The first-order valence-electron chi connectivity index (χ1n) is 21.7. The van der Waals surface area contributed by atoms with E-state index in [9.17, 15) is 38.4 Å². The maximum atomic E-state index is 13.6. The highest BCUT2D eigenvalue weighted by molar-refractivity contribution is 5.75. The van der Waals surface area contributed by atoms with Crippen LogP contribution in [0.2, 0.25) is 0 Å². The normalized spacial score (nSPS) is 26.2. The van der Waals surface area contributed by atoms with Gasteiger partial charge in [0.1, 0.15) is 31.5 Å². The molecule has 63 heavy (non-hydrogen) atoms. The molecular weight excluding hydrogens is 832 g/mol. The second kappa shape index (κ2) is 24.6. The minimum atomic E-state index is -1.89. The summed E-state index contributed by atoms with van der Waals surface area (Å²) in [6.45, 7) is 23.6. The second-order valence-electron chi connectivity index (χ2n) is 18.1. The average Bonchev–Trinajstić information content (AvgIpc) is 3.19. The predicted octanol–water partition coefficient (Wildman–Crippen LogP) is 4.26. The molecule has 0 amide bonds. The molecule has 2 saturated heterocycles. The van der Waals surface area contributed by atoms with Crippen LogP contribution >= 0.6 is 0 Å². The largest absolute Gasteiger partial charge is 0.463 e. The molecule has 0 aromatic rings. The van der Waals surface area contributed by atoms with Crippen LogP contribution in [0.4, 0.5) is 0 Å². The van der Waals surface area contributed by atoms with Gasteiger partial charge in [-0.25, -0.2) is 0 Å². The molecule has 360 valence electrons. The highest BCUT2D eigenvalue weighted by Gasteiger charge is 2.59. The summed E-state index contributed by atoms with van der Waals surface area (Å²) in [6.07, 6.45) is -16.9. The smallest absolute Gasteiger partial charge is 0.310 e. The van der Waals surface area contributed by atoms with Gasteiger partial charge in [-0.05, 0) is 0 Å². The first kappa shape index (κ1) is 54.8. The number of hydrogen-bond acceptors (Lipinski definition) is 19. The lowest BCUT2D eigenvalue weighted by Gasteiger charge is -2.49. The Balaban J connectivity index is 3.04. The van der Waals surface area contributed by atoms with Crippen molar-refractivity contribution in [2.75, 3.05) is 13.2 Å². The third-order valence-corrected chi connectivity index (χ3v) is 9.52. The molecular formula is C44H70O19. The molecule has 0 radical (unpaired) electrons. The molecule has 0 spiro atoms. The topological polar surface area (TPSA) is 238 Å². The van der Waals surface area contributed by atoms with E-state index in [2.05, 4.69) is 0 Å². The van der Waals surface area contributed by atoms with E-state index in [0.29, 0.717) is 0 Å². The van der Waals surface area contributed by atoms with Gasteiger partial charge in [-0.3, -0.25) is 38.4 Å². The molecule has 19 heteroatoms. The zero-order valence-corrected chi connectivity index (χ0v) is 39.6. The Labute approximate surface area is 370 Å². The highest BCUT2D eigenvalue weighted by atomic mass is 16.8. The maximum Gasteiger partial charge on any atom is 0.310 e. The molecule has 0 aromatic heterocycles. The summed E-state index contributed by atoms with van der Waals surface area (Å²) < 4.78 is 65.9. The summed E-state index contributed by atoms with van der Waals surface area (Å²) in [7, 11) is 0. The summed E-state index contributed by atoms with van der Waals surface area (Å²) in [5.74, 6) is -12.0. The van der Waals surface area contributed by atoms with Gasteiger partial charge in [-0.15, -0.1) is 0 Å². The Morgan fingerprint density at radius 2 is 0.571 bits per heavy atom. The van der Waals surface area contributed by atoms with E-state index in [1.54, 1.807) is 69.2 Å². The van der Waals surface area contributed by atoms with Gasteiger partial charge in [0.05, 0.1) is 47.3 Å². The van der Waals surface area contributed by atoms with E-state index in [4.69, 9.17) is 52.1 Å². The van der Waals surface area contributed by atoms with Crippen molar-refractivity contribution in [1.82, 2.24) is 0 Å². The van der Waals surface area contributed by atoms with E-state index in [1.807, 2.05) is 0 Å². The number of ether oxygens (including phenoxy) is 11. The fraction of sp³-hybridized carbons (Fsp3) is 0.818. The van der Waals surface area contributed by atoms with Crippen molar-refractivity contribution in [2.45, 2.75) is 172 Å². The third kappa shape index (κ3) is 16.0. The minimum absolute atomic E-state index is 0.599. The van der Waals surface area contributed by atoms with Crippen molar-refractivity contribution in [3.05, 3.63) is 0 Å². The summed E-state index contributed by atoms with van der Waals surface area (Å²) >= 11 is 0.